The highest BCUT2D eigenvalue weighted by atomic mass is 16.3. The van der Waals surface area contributed by atoms with Gasteiger partial charge in [0.25, 0.3) is 0 Å². The molecular weight excluding hydrogens is 136 g/mol. The van der Waals surface area contributed by atoms with Crippen LogP contribution in [0.15, 0.2) is 28.9 Å². The summed E-state index contributed by atoms with van der Waals surface area (Å²) in [4.78, 5) is 0. The van der Waals surface area contributed by atoms with Crippen LogP contribution in [0.3, 0.4) is 0 Å². The van der Waals surface area contributed by atoms with E-state index in [0.717, 1.165) is 16.3 Å². The summed E-state index contributed by atoms with van der Waals surface area (Å²) in [7, 11) is 0. The van der Waals surface area contributed by atoms with Gasteiger partial charge in [-0.2, -0.15) is 0 Å². The number of hydrogen-bond acceptors (Lipinski definition) is 1. The molecule has 1 heterocycles. The monoisotopic (exact) mass is 141 g/mol. The van der Waals surface area contributed by atoms with Gasteiger partial charge >= 0.3 is 0 Å². The molecule has 0 N–H and O–H groups in total. The first-order chi connectivity index (χ1) is 5.40. The molecular formula is C10H5O. The summed E-state index contributed by atoms with van der Waals surface area (Å²) in [5.74, 6) is 2.55. The van der Waals surface area contributed by atoms with Crippen molar-refractivity contribution in [2.75, 3.05) is 0 Å². The van der Waals surface area contributed by atoms with Gasteiger partial charge in [0.2, 0.25) is 0 Å². The Morgan fingerprint density at radius 3 is 3.18 bits per heavy atom. The highest BCUT2D eigenvalue weighted by molar-refractivity contribution is 5.81. The summed E-state index contributed by atoms with van der Waals surface area (Å²) in [5, 5.41) is 1.96. The fraction of sp³-hybridized carbons (Fsp3) is 0. The van der Waals surface area contributed by atoms with Crippen LogP contribution < -0.4 is 0 Å². The molecule has 1 nitrogen and oxygen atoms in total. The number of hydrogen-bond donors (Lipinski definition) is 0. The van der Waals surface area contributed by atoms with E-state index in [4.69, 9.17) is 10.8 Å². The van der Waals surface area contributed by atoms with E-state index in [1.165, 1.54) is 0 Å². The second-order valence-electron chi connectivity index (χ2n) is 2.28. The highest BCUT2D eigenvalue weighted by Crippen LogP contribution is 2.15. The molecule has 0 saturated heterocycles. The fourth-order valence-corrected chi connectivity index (χ4v) is 0.994. The van der Waals surface area contributed by atoms with E-state index >= 15 is 0 Å². The molecule has 1 heteroatoms. The maximum absolute atomic E-state index is 5.22. The lowest BCUT2D eigenvalue weighted by Gasteiger charge is -1.87. The quantitative estimate of drug-likeness (QED) is 0.512. The normalized spacial score (nSPS) is 9.73. The molecule has 0 aliphatic carbocycles. The lowest BCUT2D eigenvalue weighted by atomic mass is 10.1. The van der Waals surface area contributed by atoms with E-state index in [1.54, 1.807) is 6.26 Å². The van der Waals surface area contributed by atoms with Crippen molar-refractivity contribution in [1.29, 1.82) is 0 Å². The zero-order valence-electron chi connectivity index (χ0n) is 5.79. The first kappa shape index (κ1) is 6.06. The molecule has 1 aromatic heterocycles. The number of rotatable bonds is 0. The Bertz CT molecular complexity index is 418. The van der Waals surface area contributed by atoms with Gasteiger partial charge in [-0.3, -0.25) is 0 Å². The minimum atomic E-state index is 0.857. The SMILES string of the molecule is C#Cc1ccc2co[c]c2c1. The third-order valence-corrected chi connectivity index (χ3v) is 1.57. The summed E-state index contributed by atoms with van der Waals surface area (Å²) in [6.45, 7) is 0. The van der Waals surface area contributed by atoms with Crippen molar-refractivity contribution >= 4 is 10.8 Å². The molecule has 51 valence electrons. The second kappa shape index (κ2) is 2.17. The molecule has 0 aliphatic rings. The molecule has 0 bridgehead atoms. The van der Waals surface area contributed by atoms with E-state index in [-0.39, 0.29) is 0 Å². The van der Waals surface area contributed by atoms with Crippen LogP contribution in [-0.4, -0.2) is 0 Å². The van der Waals surface area contributed by atoms with Crippen LogP contribution in [-0.2, 0) is 0 Å². The summed E-state index contributed by atoms with van der Waals surface area (Å²) in [6, 6.07) is 5.68. The molecule has 0 amide bonds. The van der Waals surface area contributed by atoms with Crippen LogP contribution in [0.2, 0.25) is 0 Å². The minimum absolute atomic E-state index is 0.857. The van der Waals surface area contributed by atoms with Gasteiger partial charge < -0.3 is 4.42 Å². The van der Waals surface area contributed by atoms with Crippen molar-refractivity contribution in [1.82, 2.24) is 0 Å². The molecule has 11 heavy (non-hydrogen) atoms. The summed E-state index contributed by atoms with van der Waals surface area (Å²) in [5.41, 5.74) is 0.857. The van der Waals surface area contributed by atoms with Gasteiger partial charge in [-0.15, -0.1) is 6.42 Å². The van der Waals surface area contributed by atoms with Gasteiger partial charge in [-0.05, 0) is 18.2 Å². The maximum Gasteiger partial charge on any atom is 0.177 e. The smallest absolute Gasteiger partial charge is 0.177 e. The van der Waals surface area contributed by atoms with Gasteiger partial charge in [0.15, 0.2) is 6.26 Å². The van der Waals surface area contributed by atoms with Gasteiger partial charge in [0.05, 0.1) is 6.26 Å². The first-order valence-electron chi connectivity index (χ1n) is 3.26. The Balaban J connectivity index is 2.79. The Hall–Kier alpha value is -1.68. The largest absolute Gasteiger partial charge is 0.460 e. The predicted molar refractivity (Wildman–Crippen MR) is 43.0 cm³/mol. The van der Waals surface area contributed by atoms with Crippen LogP contribution in [0.4, 0.5) is 0 Å². The van der Waals surface area contributed by atoms with Crippen molar-refractivity contribution in [3.8, 4) is 12.3 Å². The van der Waals surface area contributed by atoms with Gasteiger partial charge in [0, 0.05) is 16.3 Å². The number of fused-ring (bicyclic) bond motifs is 1. The van der Waals surface area contributed by atoms with E-state index in [0.29, 0.717) is 0 Å². The minimum Gasteiger partial charge on any atom is -0.460 e. The number of benzene rings is 1. The average Bonchev–Trinajstić information content (AvgIpc) is 2.50. The summed E-state index contributed by atoms with van der Waals surface area (Å²) < 4.78 is 4.87. The van der Waals surface area contributed by atoms with Crippen molar-refractivity contribution in [3.05, 3.63) is 36.3 Å². The molecule has 1 aromatic carbocycles. The summed E-state index contributed by atoms with van der Waals surface area (Å²) >= 11 is 0. The summed E-state index contributed by atoms with van der Waals surface area (Å²) in [6.07, 6.45) is 9.59. The molecule has 0 unspecified atom stereocenters. The maximum atomic E-state index is 5.22. The average molecular weight is 141 g/mol. The van der Waals surface area contributed by atoms with Crippen LogP contribution in [0.5, 0.6) is 0 Å². The molecule has 0 atom stereocenters. The standard InChI is InChI=1S/C10H5O/c1-2-8-3-4-9-6-11-7-10(9)5-8/h1,3-6H. The van der Waals surface area contributed by atoms with Crippen LogP contribution >= 0.6 is 0 Å². The second-order valence-corrected chi connectivity index (χ2v) is 2.28. The zero-order valence-corrected chi connectivity index (χ0v) is 5.79. The Kier molecular flexibility index (Phi) is 1.20. The zero-order chi connectivity index (χ0) is 7.68. The van der Waals surface area contributed by atoms with E-state index < -0.39 is 0 Å². The Morgan fingerprint density at radius 1 is 1.45 bits per heavy atom. The molecule has 0 saturated carbocycles. The van der Waals surface area contributed by atoms with Gasteiger partial charge in [0.1, 0.15) is 0 Å². The molecule has 1 radical (unpaired) electrons. The van der Waals surface area contributed by atoms with Gasteiger partial charge in [-0.1, -0.05) is 5.92 Å². The van der Waals surface area contributed by atoms with E-state index in [9.17, 15) is 0 Å². The number of furan rings is 1. The van der Waals surface area contributed by atoms with Gasteiger partial charge in [-0.25, -0.2) is 0 Å². The third-order valence-electron chi connectivity index (χ3n) is 1.57. The van der Waals surface area contributed by atoms with Crippen LogP contribution in [0, 0.1) is 18.6 Å². The third kappa shape index (κ3) is 0.890. The Morgan fingerprint density at radius 2 is 2.36 bits per heavy atom. The number of terminal acetylenes is 1. The van der Waals surface area contributed by atoms with E-state index in [1.807, 2.05) is 18.2 Å². The molecule has 2 aromatic rings. The predicted octanol–water partition coefficient (Wildman–Crippen LogP) is 2.21. The van der Waals surface area contributed by atoms with E-state index in [2.05, 4.69) is 12.2 Å². The van der Waals surface area contributed by atoms with Crippen LogP contribution in [0.1, 0.15) is 5.56 Å². The molecule has 0 fully saturated rings. The molecule has 2 rings (SSSR count). The van der Waals surface area contributed by atoms with Crippen LogP contribution in [0.25, 0.3) is 10.8 Å². The Labute approximate surface area is 64.6 Å². The van der Waals surface area contributed by atoms with Crippen molar-refractivity contribution in [2.45, 2.75) is 0 Å². The first-order valence-corrected chi connectivity index (χ1v) is 3.26. The fourth-order valence-electron chi connectivity index (χ4n) is 0.994. The van der Waals surface area contributed by atoms with Crippen molar-refractivity contribution in [3.63, 3.8) is 0 Å². The topological polar surface area (TPSA) is 13.1 Å². The van der Waals surface area contributed by atoms with Crippen molar-refractivity contribution in [2.24, 2.45) is 0 Å². The lowest BCUT2D eigenvalue weighted by Crippen LogP contribution is -1.70. The highest BCUT2D eigenvalue weighted by Gasteiger charge is 1.95. The van der Waals surface area contributed by atoms with Crippen molar-refractivity contribution < 1.29 is 4.42 Å². The molecule has 0 spiro atoms. The lowest BCUT2D eigenvalue weighted by molar-refractivity contribution is 0.563. The molecule has 0 aliphatic heterocycles.